The van der Waals surface area contributed by atoms with Crippen LogP contribution in [0, 0.1) is 18.3 Å². The molecular weight excluding hydrogens is 508 g/mol. The van der Waals surface area contributed by atoms with Crippen molar-refractivity contribution in [3.8, 4) is 17.7 Å². The first kappa shape index (κ1) is 29.3. The quantitative estimate of drug-likeness (QED) is 0.245. The van der Waals surface area contributed by atoms with Crippen LogP contribution < -0.4 is 15.6 Å². The summed E-state index contributed by atoms with van der Waals surface area (Å²) >= 11 is 0. The Hall–Kier alpha value is -5.23. The molecule has 0 unspecified atom stereocenters. The van der Waals surface area contributed by atoms with Gasteiger partial charge in [0.25, 0.3) is 17.4 Å². The molecular formula is C31H30N4O5. The maximum absolute atomic E-state index is 13.4. The van der Waals surface area contributed by atoms with Gasteiger partial charge in [0.2, 0.25) is 5.88 Å². The minimum atomic E-state index is -0.833. The molecule has 0 saturated carbocycles. The number of anilines is 1. The third kappa shape index (κ3) is 7.65. The fourth-order valence-corrected chi connectivity index (χ4v) is 3.63. The van der Waals surface area contributed by atoms with Crippen molar-refractivity contribution in [1.82, 2.24) is 9.38 Å². The van der Waals surface area contributed by atoms with Crippen LogP contribution in [0.25, 0.3) is 11.7 Å². The molecule has 0 aliphatic rings. The van der Waals surface area contributed by atoms with E-state index in [1.807, 2.05) is 31.2 Å². The Morgan fingerprint density at radius 3 is 2.35 bits per heavy atom. The molecule has 0 spiro atoms. The molecule has 0 saturated heterocycles. The minimum Gasteiger partial charge on any atom is -0.481 e. The van der Waals surface area contributed by atoms with Gasteiger partial charge in [-0.25, -0.2) is 0 Å². The molecule has 2 heterocycles. The Labute approximate surface area is 232 Å². The number of carboxylic acids is 1. The summed E-state index contributed by atoms with van der Waals surface area (Å²) in [6.07, 6.45) is 2.79. The molecule has 0 atom stereocenters. The fraction of sp³-hybridized carbons (Fsp3) is 0.194. The highest BCUT2D eigenvalue weighted by atomic mass is 16.5. The predicted octanol–water partition coefficient (Wildman–Crippen LogP) is 5.73. The number of carbonyl (C=O) groups is 2. The van der Waals surface area contributed by atoms with Crippen LogP contribution in [0.3, 0.4) is 0 Å². The van der Waals surface area contributed by atoms with Gasteiger partial charge in [-0.2, -0.15) is 10.2 Å². The fourth-order valence-electron chi connectivity index (χ4n) is 3.63. The molecule has 0 radical (unpaired) electrons. The molecule has 0 fully saturated rings. The van der Waals surface area contributed by atoms with Gasteiger partial charge in [-0.15, -0.1) is 0 Å². The summed E-state index contributed by atoms with van der Waals surface area (Å²) < 4.78 is 7.36. The van der Waals surface area contributed by atoms with E-state index in [4.69, 9.17) is 14.6 Å². The topological polar surface area (TPSA) is 134 Å². The maximum atomic E-state index is 13.4. The number of fused-ring (bicyclic) bond motifs is 1. The highest BCUT2D eigenvalue weighted by Gasteiger charge is 2.18. The van der Waals surface area contributed by atoms with Crippen molar-refractivity contribution in [2.75, 3.05) is 5.32 Å². The van der Waals surface area contributed by atoms with Crippen LogP contribution in [-0.4, -0.2) is 26.4 Å². The van der Waals surface area contributed by atoms with E-state index >= 15 is 0 Å². The third-order valence-corrected chi connectivity index (χ3v) is 5.60. The maximum Gasteiger partial charge on any atom is 0.300 e. The zero-order valence-electron chi connectivity index (χ0n) is 22.9. The first-order valence-electron chi connectivity index (χ1n) is 12.4. The second-order valence-electron chi connectivity index (χ2n) is 9.95. The minimum absolute atomic E-state index is 0.00506. The van der Waals surface area contributed by atoms with Crippen LogP contribution in [0.4, 0.5) is 5.69 Å². The van der Waals surface area contributed by atoms with Crippen molar-refractivity contribution >= 4 is 29.3 Å². The van der Waals surface area contributed by atoms with E-state index in [-0.39, 0.29) is 22.4 Å². The van der Waals surface area contributed by atoms with E-state index in [1.54, 1.807) is 54.7 Å². The molecule has 4 aromatic rings. The number of hydrogen-bond acceptors (Lipinski definition) is 6. The summed E-state index contributed by atoms with van der Waals surface area (Å²) in [7, 11) is 0. The van der Waals surface area contributed by atoms with Crippen molar-refractivity contribution in [2.24, 2.45) is 0 Å². The van der Waals surface area contributed by atoms with Crippen molar-refractivity contribution < 1.29 is 19.4 Å². The predicted molar refractivity (Wildman–Crippen MR) is 153 cm³/mol. The molecule has 2 N–H and O–H groups in total. The average Bonchev–Trinajstić information content (AvgIpc) is 2.88. The lowest BCUT2D eigenvalue weighted by Crippen LogP contribution is -2.20. The normalized spacial score (nSPS) is 11.2. The van der Waals surface area contributed by atoms with Crippen LogP contribution in [-0.2, 0) is 15.0 Å². The Bertz CT molecular complexity index is 1670. The number of nitriles is 1. The zero-order valence-corrected chi connectivity index (χ0v) is 22.9. The largest absolute Gasteiger partial charge is 0.481 e. The van der Waals surface area contributed by atoms with Gasteiger partial charge in [-0.05, 0) is 65.9 Å². The van der Waals surface area contributed by atoms with E-state index < -0.39 is 17.4 Å². The van der Waals surface area contributed by atoms with Crippen LogP contribution in [0.15, 0.2) is 83.3 Å². The number of ether oxygens (including phenoxy) is 1. The smallest absolute Gasteiger partial charge is 0.300 e. The number of aliphatic carboxylic acids is 1. The number of aromatic nitrogens is 2. The SMILES string of the molecule is CC(=O)O.Cc1cccc(NC(=O)C(C#N)=Cc2c(Oc3ccc(C(C)(C)C)cc3)nc3ccccn3c2=O)c1. The van der Waals surface area contributed by atoms with Crippen LogP contribution in [0.1, 0.15) is 44.4 Å². The van der Waals surface area contributed by atoms with E-state index in [1.165, 1.54) is 10.5 Å². The lowest BCUT2D eigenvalue weighted by molar-refractivity contribution is -0.134. The van der Waals surface area contributed by atoms with Gasteiger partial charge in [0, 0.05) is 18.8 Å². The van der Waals surface area contributed by atoms with Crippen LogP contribution in [0.2, 0.25) is 0 Å². The number of carboxylic acid groups (broad SMARTS) is 1. The first-order chi connectivity index (χ1) is 18.9. The van der Waals surface area contributed by atoms with Crippen molar-refractivity contribution in [1.29, 1.82) is 5.26 Å². The standard InChI is InChI=1S/C29H26N4O3.C2H4O2/c1-19-8-7-9-22(16-19)31-26(34)20(18-30)17-24-27(32-25-10-5-6-15-33(25)28(24)35)36-23-13-11-21(12-14-23)29(2,3)4;1-2(3)4/h5-17H,1-4H3,(H,31,34);1H3,(H,3,4). The Kier molecular flexibility index (Phi) is 9.20. The molecule has 2 aromatic heterocycles. The van der Waals surface area contributed by atoms with Crippen molar-refractivity contribution in [3.63, 3.8) is 0 Å². The first-order valence-corrected chi connectivity index (χ1v) is 12.4. The Morgan fingerprint density at radius 2 is 1.75 bits per heavy atom. The van der Waals surface area contributed by atoms with E-state index in [2.05, 4.69) is 31.1 Å². The number of nitrogens with one attached hydrogen (secondary N) is 1. The van der Waals surface area contributed by atoms with Gasteiger partial charge in [-0.3, -0.25) is 18.8 Å². The summed E-state index contributed by atoms with van der Waals surface area (Å²) in [4.78, 5) is 39.7. The number of amides is 1. The summed E-state index contributed by atoms with van der Waals surface area (Å²) in [6.45, 7) is 9.32. The van der Waals surface area contributed by atoms with Gasteiger partial charge in [0.15, 0.2) is 0 Å². The van der Waals surface area contributed by atoms with Gasteiger partial charge >= 0.3 is 0 Å². The Morgan fingerprint density at radius 1 is 1.07 bits per heavy atom. The van der Waals surface area contributed by atoms with Gasteiger partial charge in [0.05, 0.1) is 0 Å². The zero-order chi connectivity index (χ0) is 29.4. The van der Waals surface area contributed by atoms with E-state index in [0.717, 1.165) is 18.1 Å². The van der Waals surface area contributed by atoms with Crippen LogP contribution >= 0.6 is 0 Å². The van der Waals surface area contributed by atoms with Gasteiger partial charge in [0.1, 0.15) is 28.6 Å². The number of hydrogen-bond donors (Lipinski definition) is 2. The van der Waals surface area contributed by atoms with E-state index in [0.29, 0.717) is 17.1 Å². The number of rotatable bonds is 5. The Balaban J connectivity index is 0.00000103. The molecule has 40 heavy (non-hydrogen) atoms. The second-order valence-corrected chi connectivity index (χ2v) is 9.95. The lowest BCUT2D eigenvalue weighted by atomic mass is 9.87. The van der Waals surface area contributed by atoms with Gasteiger partial charge in [-0.1, -0.05) is 51.1 Å². The van der Waals surface area contributed by atoms with E-state index in [9.17, 15) is 14.9 Å². The summed E-state index contributed by atoms with van der Waals surface area (Å²) in [5.74, 6) is -0.987. The highest BCUT2D eigenvalue weighted by molar-refractivity contribution is 6.09. The molecule has 0 aliphatic carbocycles. The lowest BCUT2D eigenvalue weighted by Gasteiger charge is -2.19. The number of benzene rings is 2. The molecule has 9 nitrogen and oxygen atoms in total. The van der Waals surface area contributed by atoms with Crippen LogP contribution in [0.5, 0.6) is 11.6 Å². The molecule has 0 bridgehead atoms. The molecule has 204 valence electrons. The average molecular weight is 539 g/mol. The van der Waals surface area contributed by atoms with Crippen molar-refractivity contribution in [3.05, 3.63) is 106 Å². The number of pyridine rings is 1. The summed E-state index contributed by atoms with van der Waals surface area (Å²) in [5.41, 5.74) is 2.26. The highest BCUT2D eigenvalue weighted by Crippen LogP contribution is 2.28. The van der Waals surface area contributed by atoms with Crippen molar-refractivity contribution in [2.45, 2.75) is 40.0 Å². The number of nitrogens with zero attached hydrogens (tertiary/aromatic N) is 3. The number of aryl methyl sites for hydroxylation is 1. The van der Waals surface area contributed by atoms with Gasteiger partial charge < -0.3 is 15.2 Å². The molecule has 4 rings (SSSR count). The number of carbonyl (C=O) groups excluding carboxylic acids is 1. The third-order valence-electron chi connectivity index (χ3n) is 5.60. The molecule has 1 amide bonds. The summed E-state index contributed by atoms with van der Waals surface area (Å²) in [6, 6.07) is 21.8. The molecule has 0 aliphatic heterocycles. The molecule has 9 heteroatoms. The molecule has 2 aromatic carbocycles. The second kappa shape index (κ2) is 12.5. The summed E-state index contributed by atoms with van der Waals surface area (Å²) in [5, 5.41) is 19.8. The monoisotopic (exact) mass is 538 g/mol.